The number of rotatable bonds is 0. The molecule has 5 heavy (non-hydrogen) atoms. The van der Waals surface area contributed by atoms with E-state index in [0.29, 0.717) is 0 Å². The van der Waals surface area contributed by atoms with Crippen LogP contribution in [0.15, 0.2) is 0 Å². The van der Waals surface area contributed by atoms with Gasteiger partial charge < -0.3 is 0 Å². The minimum Gasteiger partial charge on any atom is -0.0125 e. The van der Waals surface area contributed by atoms with Gasteiger partial charge >= 0.3 is 0 Å². The van der Waals surface area contributed by atoms with Gasteiger partial charge in [-0.15, -0.1) is 0 Å². The Hall–Kier alpha value is 2.33. The molecular formula is H12Al3FeSi. The van der Waals surface area contributed by atoms with Crippen molar-refractivity contribution in [1.82, 2.24) is 0 Å². The molecule has 0 rings (SSSR count). The first-order valence-electron chi connectivity index (χ1n) is 0. The molecule has 0 aromatic rings. The van der Waals surface area contributed by atoms with Crippen LogP contribution in [0.1, 0.15) is 0 Å². The fraction of sp³-hybridized carbons (Fsp3) is 0. The van der Waals surface area contributed by atoms with Crippen molar-refractivity contribution < 1.29 is 17.1 Å². The van der Waals surface area contributed by atoms with E-state index in [1.807, 2.05) is 0 Å². The van der Waals surface area contributed by atoms with E-state index in [-0.39, 0.29) is 80.1 Å². The molecule has 0 heterocycles. The molecule has 0 aliphatic rings. The Morgan fingerprint density at radius 2 is 0.600 bits per heavy atom. The van der Waals surface area contributed by atoms with Crippen LogP contribution in [-0.2, 0) is 17.1 Å². The van der Waals surface area contributed by atoms with Crippen LogP contribution in [-0.4, -0.2) is 63.0 Å². The van der Waals surface area contributed by atoms with E-state index >= 15 is 0 Å². The standard InChI is InChI=1S/3Al.Fe.H3Si.9H/h;;;;1H3;;;;;;;;;. The minimum absolute atomic E-state index is 0. The quantitative estimate of drug-likeness (QED) is 0.326. The van der Waals surface area contributed by atoms with E-state index in [9.17, 15) is 0 Å². The first kappa shape index (κ1) is 54.0. The maximum absolute atomic E-state index is 0. The van der Waals surface area contributed by atoms with Gasteiger partial charge in [0.2, 0.25) is 0 Å². The Morgan fingerprint density at radius 1 is 0.600 bits per heavy atom. The maximum Gasteiger partial charge on any atom is 0.187 e. The first-order chi connectivity index (χ1) is 0. The SMILES string of the molecule is [AlH3].[AlH3].[AlH3].[Fe].[SiH3]. The van der Waals surface area contributed by atoms with Crippen molar-refractivity contribution in [3.63, 3.8) is 0 Å². The summed E-state index contributed by atoms with van der Waals surface area (Å²) in [4.78, 5) is 0. The second-order valence-electron chi connectivity index (χ2n) is 0. The van der Waals surface area contributed by atoms with Crippen molar-refractivity contribution in [2.24, 2.45) is 0 Å². The van der Waals surface area contributed by atoms with E-state index in [2.05, 4.69) is 0 Å². The van der Waals surface area contributed by atoms with Crippen LogP contribution in [0, 0.1) is 0 Å². The molecule has 0 bridgehead atoms. The Morgan fingerprint density at radius 3 is 0.600 bits per heavy atom. The van der Waals surface area contributed by atoms with Gasteiger partial charge in [0, 0.05) is 17.1 Å². The molecule has 0 aliphatic carbocycles. The third kappa shape index (κ3) is 21.8. The largest absolute Gasteiger partial charge is 0.187 e. The van der Waals surface area contributed by atoms with Crippen molar-refractivity contribution in [1.29, 1.82) is 0 Å². The Kier molecular flexibility index (Phi) is 357. The molecule has 33 valence electrons. The number of hydrogen-bond acceptors (Lipinski definition) is 0. The molecule has 0 fully saturated rings. The molecule has 0 N–H and O–H groups in total. The molecule has 0 aliphatic heterocycles. The van der Waals surface area contributed by atoms with Gasteiger partial charge in [-0.05, 0) is 11.0 Å². The van der Waals surface area contributed by atoms with Crippen LogP contribution < -0.4 is 0 Å². The molecule has 0 unspecified atom stereocenters. The van der Waals surface area contributed by atoms with E-state index in [1.165, 1.54) is 0 Å². The van der Waals surface area contributed by atoms with Gasteiger partial charge in [0.25, 0.3) is 0 Å². The monoisotopic (exact) mass is 177 g/mol. The minimum atomic E-state index is 0. The second-order valence-corrected chi connectivity index (χ2v) is 0. The molecule has 5 heteroatoms. The predicted molar refractivity (Wildman–Crippen MR) is 39.8 cm³/mol. The first-order valence-corrected chi connectivity index (χ1v) is 0. The van der Waals surface area contributed by atoms with Crippen LogP contribution in [0.4, 0.5) is 0 Å². The average Bonchev–Trinajstić information content (AvgIpc) is 0. The van der Waals surface area contributed by atoms with E-state index in [0.717, 1.165) is 0 Å². The summed E-state index contributed by atoms with van der Waals surface area (Å²) in [7, 11) is 0. The van der Waals surface area contributed by atoms with Crippen LogP contribution in [0.5, 0.6) is 0 Å². The zero-order chi connectivity index (χ0) is 0. The van der Waals surface area contributed by atoms with Gasteiger partial charge in [0.05, 0.1) is 0 Å². The summed E-state index contributed by atoms with van der Waals surface area (Å²) in [6.07, 6.45) is 0. The summed E-state index contributed by atoms with van der Waals surface area (Å²) >= 11 is 0. The van der Waals surface area contributed by atoms with Gasteiger partial charge in [0.15, 0.2) is 52.1 Å². The third-order valence-corrected chi connectivity index (χ3v) is 0. The molecule has 1 radical (unpaired) electrons. The van der Waals surface area contributed by atoms with Crippen LogP contribution in [0.2, 0.25) is 0 Å². The van der Waals surface area contributed by atoms with Gasteiger partial charge in [-0.2, -0.15) is 0 Å². The van der Waals surface area contributed by atoms with E-state index < -0.39 is 0 Å². The smallest absolute Gasteiger partial charge is 0.0125 e. The van der Waals surface area contributed by atoms with E-state index in [4.69, 9.17) is 0 Å². The Bertz CT molecular complexity index is 6.85. The molecule has 0 amide bonds. The van der Waals surface area contributed by atoms with Crippen molar-refractivity contribution in [3.8, 4) is 0 Å². The maximum atomic E-state index is 0. The molecule has 0 aromatic carbocycles. The fourth-order valence-electron chi connectivity index (χ4n) is 0. The van der Waals surface area contributed by atoms with Gasteiger partial charge in [-0.1, -0.05) is 0 Å². The van der Waals surface area contributed by atoms with Crippen molar-refractivity contribution in [3.05, 3.63) is 0 Å². The molecular weight excluding hydrogens is 165 g/mol. The van der Waals surface area contributed by atoms with Crippen molar-refractivity contribution in [2.45, 2.75) is 0 Å². The summed E-state index contributed by atoms with van der Waals surface area (Å²) in [6, 6.07) is 0. The molecule has 0 spiro atoms. The fourth-order valence-corrected chi connectivity index (χ4v) is 0. The van der Waals surface area contributed by atoms with Gasteiger partial charge in [0.1, 0.15) is 0 Å². The summed E-state index contributed by atoms with van der Waals surface area (Å²) in [5, 5.41) is 0. The normalized spacial score (nSPS) is 0. The predicted octanol–water partition coefficient (Wildman–Crippen LogP) is -4.74. The summed E-state index contributed by atoms with van der Waals surface area (Å²) in [5.41, 5.74) is 0. The topological polar surface area (TPSA) is 0 Å². The molecule has 0 saturated heterocycles. The zero-order valence-electron chi connectivity index (χ0n) is 1.35. The molecule has 0 atom stereocenters. The zero-order valence-corrected chi connectivity index (χ0v) is 4.46. The van der Waals surface area contributed by atoms with Gasteiger partial charge in [-0.25, -0.2) is 0 Å². The Labute approximate surface area is 79.4 Å². The van der Waals surface area contributed by atoms with Crippen LogP contribution >= 0.6 is 0 Å². The third-order valence-electron chi connectivity index (χ3n) is 0. The van der Waals surface area contributed by atoms with E-state index in [1.54, 1.807) is 0 Å². The van der Waals surface area contributed by atoms with Gasteiger partial charge in [-0.3, -0.25) is 0 Å². The second kappa shape index (κ2) is 33.1. The molecule has 0 nitrogen and oxygen atoms in total. The summed E-state index contributed by atoms with van der Waals surface area (Å²) in [6.45, 7) is 0. The summed E-state index contributed by atoms with van der Waals surface area (Å²) < 4.78 is 0. The molecule has 0 saturated carbocycles. The Balaban J connectivity index is 0. The van der Waals surface area contributed by atoms with Crippen LogP contribution in [0.3, 0.4) is 0 Å². The van der Waals surface area contributed by atoms with Crippen LogP contribution in [0.25, 0.3) is 0 Å². The summed E-state index contributed by atoms with van der Waals surface area (Å²) in [5.74, 6) is 0. The van der Waals surface area contributed by atoms with Crippen molar-refractivity contribution >= 4 is 63.0 Å². The number of hydrogen-bond donors (Lipinski definition) is 0. The average molecular weight is 177 g/mol. The van der Waals surface area contributed by atoms with Crippen molar-refractivity contribution in [2.75, 3.05) is 0 Å². The molecule has 0 aromatic heterocycles.